The van der Waals surface area contributed by atoms with Crippen LogP contribution in [0.25, 0.3) is 21.8 Å². The van der Waals surface area contributed by atoms with Gasteiger partial charge in [-0.1, -0.05) is 36.7 Å². The van der Waals surface area contributed by atoms with E-state index in [1.165, 1.54) is 10.9 Å². The van der Waals surface area contributed by atoms with Gasteiger partial charge in [-0.25, -0.2) is 9.59 Å². The first-order valence-corrected chi connectivity index (χ1v) is 10.3. The summed E-state index contributed by atoms with van der Waals surface area (Å²) in [5.41, 5.74) is 3.25. The summed E-state index contributed by atoms with van der Waals surface area (Å²) in [4.78, 5) is 23.6. The lowest BCUT2D eigenvalue weighted by Gasteiger charge is -2.27. The highest BCUT2D eigenvalue weighted by molar-refractivity contribution is 6.31. The number of carbonyl (C=O) groups is 2. The molecule has 2 heterocycles. The number of para-hydroxylation sites is 1. The fourth-order valence-corrected chi connectivity index (χ4v) is 3.48. The number of hydrogen-bond acceptors (Lipinski definition) is 4. The second kappa shape index (κ2) is 10.5. The van der Waals surface area contributed by atoms with E-state index in [-0.39, 0.29) is 0 Å². The van der Waals surface area contributed by atoms with Gasteiger partial charge in [-0.3, -0.25) is 14.7 Å². The third-order valence-corrected chi connectivity index (χ3v) is 4.84. The number of aromatic nitrogens is 2. The maximum atomic E-state index is 9.55. The van der Waals surface area contributed by atoms with Crippen LogP contribution < -0.4 is 5.01 Å². The average molecular weight is 452 g/mol. The lowest BCUT2D eigenvalue weighted by molar-refractivity contribution is -0.134. The molecule has 0 aliphatic carbocycles. The number of pyridine rings is 1. The van der Waals surface area contributed by atoms with E-state index in [2.05, 4.69) is 64.2 Å². The highest BCUT2D eigenvalue weighted by Gasteiger charge is 2.14. The van der Waals surface area contributed by atoms with E-state index in [9.17, 15) is 9.59 Å². The smallest absolute Gasteiger partial charge is 0.328 e. The summed E-state index contributed by atoms with van der Waals surface area (Å²) in [5, 5.41) is 21.0. The number of carboxylic acids is 2. The number of benzene rings is 2. The Morgan fingerprint density at radius 1 is 1.06 bits per heavy atom. The van der Waals surface area contributed by atoms with Crippen molar-refractivity contribution in [1.29, 1.82) is 0 Å². The summed E-state index contributed by atoms with van der Waals surface area (Å²) in [6.07, 6.45) is 6.14. The Morgan fingerprint density at radius 3 is 2.47 bits per heavy atom. The monoisotopic (exact) mass is 451 g/mol. The van der Waals surface area contributed by atoms with Crippen molar-refractivity contribution in [2.45, 2.75) is 13.3 Å². The van der Waals surface area contributed by atoms with Crippen LogP contribution >= 0.6 is 11.6 Å². The molecule has 0 aliphatic rings. The average Bonchev–Trinajstić information content (AvgIpc) is 3.20. The van der Waals surface area contributed by atoms with Crippen molar-refractivity contribution in [2.24, 2.45) is 0 Å². The highest BCUT2D eigenvalue weighted by Crippen LogP contribution is 2.29. The number of rotatable bonds is 6. The van der Waals surface area contributed by atoms with Gasteiger partial charge in [0.15, 0.2) is 0 Å². The molecule has 8 heteroatoms. The Kier molecular flexibility index (Phi) is 7.46. The molecule has 0 amide bonds. The number of nitrogens with zero attached hydrogens (tertiary/aromatic N) is 3. The van der Waals surface area contributed by atoms with Gasteiger partial charge in [0.2, 0.25) is 0 Å². The van der Waals surface area contributed by atoms with E-state index < -0.39 is 11.9 Å². The predicted molar refractivity (Wildman–Crippen MR) is 126 cm³/mol. The molecule has 0 aliphatic heterocycles. The van der Waals surface area contributed by atoms with Crippen LogP contribution in [0, 0.1) is 0 Å². The first kappa shape index (κ1) is 22.8. The summed E-state index contributed by atoms with van der Waals surface area (Å²) in [7, 11) is 0. The molecule has 0 bridgehead atoms. The number of hydrogen-bond donors (Lipinski definition) is 2. The summed E-state index contributed by atoms with van der Waals surface area (Å²) >= 11 is 6.13. The van der Waals surface area contributed by atoms with E-state index in [1.54, 1.807) is 0 Å². The molecular weight excluding hydrogens is 430 g/mol. The molecule has 4 rings (SSSR count). The Morgan fingerprint density at radius 2 is 1.78 bits per heavy atom. The molecule has 0 spiro atoms. The Labute approximate surface area is 189 Å². The van der Waals surface area contributed by atoms with Crippen molar-refractivity contribution < 1.29 is 19.8 Å². The minimum absolute atomic E-state index is 0.558. The summed E-state index contributed by atoms with van der Waals surface area (Å²) in [6, 6.07) is 18.5. The van der Waals surface area contributed by atoms with Crippen LogP contribution in [0.15, 0.2) is 79.1 Å². The van der Waals surface area contributed by atoms with Gasteiger partial charge in [0.05, 0.1) is 16.7 Å². The zero-order chi connectivity index (χ0) is 23.1. The third kappa shape index (κ3) is 5.44. The zero-order valence-corrected chi connectivity index (χ0v) is 18.1. The molecule has 2 N–H and O–H groups in total. The molecule has 0 saturated carbocycles. The van der Waals surface area contributed by atoms with Gasteiger partial charge in [-0.05, 0) is 42.8 Å². The molecule has 0 saturated heterocycles. The predicted octanol–water partition coefficient (Wildman–Crippen LogP) is 5.23. The largest absolute Gasteiger partial charge is 0.478 e. The number of anilines is 1. The van der Waals surface area contributed by atoms with Crippen LogP contribution in [0.5, 0.6) is 0 Å². The van der Waals surface area contributed by atoms with Crippen LogP contribution in [0.2, 0.25) is 5.02 Å². The molecule has 2 aromatic heterocycles. The lowest BCUT2D eigenvalue weighted by Crippen LogP contribution is -2.29. The van der Waals surface area contributed by atoms with Crippen LogP contribution in [0.1, 0.15) is 13.3 Å². The van der Waals surface area contributed by atoms with Crippen LogP contribution in [0.4, 0.5) is 5.69 Å². The molecule has 0 fully saturated rings. The standard InChI is InChI=1S/C20H18ClN3.C4H4O4/c1-2-12-23(24-13-10-15-5-3-4-6-19(15)24)20-9-11-22-18-14-16(21)7-8-17(18)20;5-3(6)1-2-4(7)8/h3-11,13-14H,2,12H2,1H3;1-2H,(H,5,6)(H,7,8). The van der Waals surface area contributed by atoms with Crippen molar-refractivity contribution in [2.75, 3.05) is 11.6 Å². The number of halogens is 1. The zero-order valence-electron chi connectivity index (χ0n) is 17.4. The molecular formula is C24H22ClN3O4. The maximum Gasteiger partial charge on any atom is 0.328 e. The molecule has 0 unspecified atom stereocenters. The molecule has 164 valence electrons. The van der Waals surface area contributed by atoms with Gasteiger partial charge < -0.3 is 10.2 Å². The molecule has 4 aromatic rings. The van der Waals surface area contributed by atoms with Crippen molar-refractivity contribution in [1.82, 2.24) is 9.66 Å². The van der Waals surface area contributed by atoms with Crippen molar-refractivity contribution in [3.8, 4) is 0 Å². The van der Waals surface area contributed by atoms with Gasteiger partial charge in [-0.15, -0.1) is 0 Å². The fourth-order valence-electron chi connectivity index (χ4n) is 3.31. The van der Waals surface area contributed by atoms with E-state index >= 15 is 0 Å². The topological polar surface area (TPSA) is 95.7 Å². The number of aliphatic carboxylic acids is 2. The number of fused-ring (bicyclic) bond motifs is 2. The second-order valence-corrected chi connectivity index (χ2v) is 7.28. The molecule has 32 heavy (non-hydrogen) atoms. The molecule has 0 atom stereocenters. The van der Waals surface area contributed by atoms with E-state index in [1.807, 2.05) is 24.4 Å². The SMILES string of the molecule is CCCN(c1ccnc2cc(Cl)ccc12)n1ccc2ccccc21.O=C(O)C=CC(=O)O. The van der Waals surface area contributed by atoms with Gasteiger partial charge in [0.25, 0.3) is 0 Å². The fraction of sp³-hybridized carbons (Fsp3) is 0.125. The molecule has 0 radical (unpaired) electrons. The third-order valence-electron chi connectivity index (χ3n) is 4.60. The van der Waals surface area contributed by atoms with Gasteiger partial charge >= 0.3 is 11.9 Å². The lowest BCUT2D eigenvalue weighted by atomic mass is 10.2. The Balaban J connectivity index is 0.000000312. The van der Waals surface area contributed by atoms with Crippen LogP contribution in [-0.4, -0.2) is 38.4 Å². The molecule has 2 aromatic carbocycles. The van der Waals surface area contributed by atoms with E-state index in [0.717, 1.165) is 29.6 Å². The Hall–Kier alpha value is -3.84. The van der Waals surface area contributed by atoms with Crippen molar-refractivity contribution in [3.05, 3.63) is 84.2 Å². The van der Waals surface area contributed by atoms with Gasteiger partial charge in [-0.2, -0.15) is 0 Å². The number of carboxylic acid groups (broad SMARTS) is 2. The minimum atomic E-state index is -1.26. The summed E-state index contributed by atoms with van der Waals surface area (Å²) in [6.45, 7) is 3.11. The van der Waals surface area contributed by atoms with Crippen LogP contribution in [0.3, 0.4) is 0 Å². The second-order valence-electron chi connectivity index (χ2n) is 6.84. The van der Waals surface area contributed by atoms with Crippen LogP contribution in [-0.2, 0) is 9.59 Å². The molecule has 7 nitrogen and oxygen atoms in total. The minimum Gasteiger partial charge on any atom is -0.478 e. The normalized spacial score (nSPS) is 10.8. The van der Waals surface area contributed by atoms with Gasteiger partial charge in [0.1, 0.15) is 0 Å². The van der Waals surface area contributed by atoms with Gasteiger partial charge in [0, 0.05) is 46.9 Å². The summed E-state index contributed by atoms with van der Waals surface area (Å²) < 4.78 is 2.22. The van der Waals surface area contributed by atoms with E-state index in [4.69, 9.17) is 21.8 Å². The highest BCUT2D eigenvalue weighted by atomic mass is 35.5. The van der Waals surface area contributed by atoms with E-state index in [0.29, 0.717) is 17.2 Å². The summed E-state index contributed by atoms with van der Waals surface area (Å²) in [5.74, 6) is -2.51. The van der Waals surface area contributed by atoms with Crippen molar-refractivity contribution >= 4 is 51.0 Å². The first-order chi connectivity index (χ1) is 15.4. The van der Waals surface area contributed by atoms with Crippen molar-refractivity contribution in [3.63, 3.8) is 0 Å². The Bertz CT molecular complexity index is 1270. The quantitative estimate of drug-likeness (QED) is 0.389. The first-order valence-electron chi connectivity index (χ1n) is 9.93. The maximum absolute atomic E-state index is 9.55.